The van der Waals surface area contributed by atoms with Crippen LogP contribution in [-0.4, -0.2) is 72.1 Å². The molecular weight excluding hydrogens is 286 g/mol. The van der Waals surface area contributed by atoms with Gasteiger partial charge in [-0.2, -0.15) is 0 Å². The van der Waals surface area contributed by atoms with Crippen molar-refractivity contribution >= 4 is 5.95 Å². The summed E-state index contributed by atoms with van der Waals surface area (Å²) in [6.45, 7) is 14.3. The van der Waals surface area contributed by atoms with Crippen LogP contribution >= 0.6 is 0 Å². The summed E-state index contributed by atoms with van der Waals surface area (Å²) in [5, 5.41) is 0. The van der Waals surface area contributed by atoms with Crippen molar-refractivity contribution in [3.63, 3.8) is 0 Å². The van der Waals surface area contributed by atoms with Gasteiger partial charge in [0.1, 0.15) is 0 Å². The number of hydrogen-bond acceptors (Lipinski definition) is 5. The second-order valence-corrected chi connectivity index (χ2v) is 7.81. The Bertz CT molecular complexity index is 470. The molecule has 2 aliphatic rings. The summed E-state index contributed by atoms with van der Waals surface area (Å²) in [6.07, 6.45) is 7.63. The summed E-state index contributed by atoms with van der Waals surface area (Å²) < 4.78 is 0. The lowest BCUT2D eigenvalue weighted by Crippen LogP contribution is -2.42. The minimum atomic E-state index is 0.364. The van der Waals surface area contributed by atoms with Crippen molar-refractivity contribution in [1.29, 1.82) is 0 Å². The maximum atomic E-state index is 4.40. The molecule has 23 heavy (non-hydrogen) atoms. The molecule has 1 aromatic rings. The van der Waals surface area contributed by atoms with E-state index < -0.39 is 0 Å². The maximum Gasteiger partial charge on any atom is 0.225 e. The van der Waals surface area contributed by atoms with E-state index >= 15 is 0 Å². The molecule has 0 amide bonds. The maximum absolute atomic E-state index is 4.40. The molecule has 5 heteroatoms. The van der Waals surface area contributed by atoms with Crippen LogP contribution in [0.25, 0.3) is 0 Å². The minimum Gasteiger partial charge on any atom is -0.339 e. The van der Waals surface area contributed by atoms with Crippen molar-refractivity contribution < 1.29 is 0 Å². The van der Waals surface area contributed by atoms with Crippen molar-refractivity contribution in [2.24, 2.45) is 5.41 Å². The van der Waals surface area contributed by atoms with E-state index in [2.05, 4.69) is 38.5 Å². The third-order valence-corrected chi connectivity index (χ3v) is 4.93. The van der Waals surface area contributed by atoms with Crippen molar-refractivity contribution in [2.45, 2.75) is 33.1 Å². The summed E-state index contributed by atoms with van der Waals surface area (Å²) in [4.78, 5) is 16.4. The molecule has 5 nitrogen and oxygen atoms in total. The monoisotopic (exact) mass is 317 g/mol. The summed E-state index contributed by atoms with van der Waals surface area (Å²) in [5.74, 6) is 0.880. The number of aromatic nitrogens is 2. The lowest BCUT2D eigenvalue weighted by molar-refractivity contribution is 0.137. The van der Waals surface area contributed by atoms with Crippen molar-refractivity contribution in [1.82, 2.24) is 19.8 Å². The quantitative estimate of drug-likeness (QED) is 0.831. The summed E-state index contributed by atoms with van der Waals surface area (Å²) in [7, 11) is 0. The van der Waals surface area contributed by atoms with Gasteiger partial charge in [-0.25, -0.2) is 9.97 Å². The highest BCUT2D eigenvalue weighted by atomic mass is 15.3. The zero-order valence-corrected chi connectivity index (χ0v) is 14.7. The topological polar surface area (TPSA) is 35.5 Å². The lowest BCUT2D eigenvalue weighted by atomic mass is 9.92. The van der Waals surface area contributed by atoms with Crippen LogP contribution in [0.1, 0.15) is 33.1 Å². The molecule has 0 unspecified atom stereocenters. The molecule has 1 aromatic heterocycles. The average Bonchev–Trinajstić information content (AvgIpc) is 2.92. The van der Waals surface area contributed by atoms with E-state index in [0.717, 1.165) is 25.6 Å². The molecule has 2 fully saturated rings. The van der Waals surface area contributed by atoms with Crippen LogP contribution in [0.5, 0.6) is 0 Å². The molecule has 3 heterocycles. The first kappa shape index (κ1) is 16.7. The largest absolute Gasteiger partial charge is 0.339 e. The number of anilines is 1. The van der Waals surface area contributed by atoms with Gasteiger partial charge >= 0.3 is 0 Å². The normalized spacial score (nSPS) is 21.6. The van der Waals surface area contributed by atoms with Crippen LogP contribution in [0.3, 0.4) is 0 Å². The molecule has 0 N–H and O–H groups in total. The molecule has 2 saturated heterocycles. The molecule has 0 aromatic carbocycles. The Kier molecular flexibility index (Phi) is 5.49. The Labute approximate surface area is 140 Å². The van der Waals surface area contributed by atoms with Crippen LogP contribution < -0.4 is 4.90 Å². The molecule has 0 aliphatic carbocycles. The number of nitrogens with zero attached hydrogens (tertiary/aromatic N) is 5. The highest BCUT2D eigenvalue weighted by Crippen LogP contribution is 2.22. The minimum absolute atomic E-state index is 0.364. The molecule has 3 rings (SSSR count). The van der Waals surface area contributed by atoms with Crippen molar-refractivity contribution in [3.05, 3.63) is 18.5 Å². The molecule has 0 spiro atoms. The van der Waals surface area contributed by atoms with Gasteiger partial charge in [0.15, 0.2) is 0 Å². The molecule has 0 saturated carbocycles. The lowest BCUT2D eigenvalue weighted by Gasteiger charge is -2.35. The van der Waals surface area contributed by atoms with Gasteiger partial charge in [-0.1, -0.05) is 13.8 Å². The first-order valence-electron chi connectivity index (χ1n) is 9.09. The number of rotatable bonds is 5. The average molecular weight is 317 g/mol. The summed E-state index contributed by atoms with van der Waals surface area (Å²) >= 11 is 0. The fraction of sp³-hybridized carbons (Fsp3) is 0.778. The fourth-order valence-electron chi connectivity index (χ4n) is 3.98. The standard InChI is InChI=1S/C18H31N5/c1-18(2,15-21-9-3-4-10-21)16-22-11-6-12-23(14-13-22)17-19-7-5-8-20-17/h5,7-8H,3-4,6,9-16H2,1-2H3. The van der Waals surface area contributed by atoms with Gasteiger partial charge < -0.3 is 14.7 Å². The molecule has 128 valence electrons. The van der Waals surface area contributed by atoms with Crippen molar-refractivity contribution in [3.8, 4) is 0 Å². The Balaban J connectivity index is 1.51. The molecule has 0 radical (unpaired) electrons. The van der Waals surface area contributed by atoms with Crippen LogP contribution in [0.15, 0.2) is 18.5 Å². The molecular formula is C18H31N5. The van der Waals surface area contributed by atoms with Gasteiger partial charge in [0.25, 0.3) is 0 Å². The second kappa shape index (κ2) is 7.58. The highest BCUT2D eigenvalue weighted by Gasteiger charge is 2.27. The van der Waals surface area contributed by atoms with Gasteiger partial charge in [0.05, 0.1) is 0 Å². The van der Waals surface area contributed by atoms with Crippen molar-refractivity contribution in [2.75, 3.05) is 57.3 Å². The van der Waals surface area contributed by atoms with E-state index in [0.29, 0.717) is 5.41 Å². The Hall–Kier alpha value is -1.20. The Morgan fingerprint density at radius 3 is 2.13 bits per heavy atom. The van der Waals surface area contributed by atoms with Crippen LogP contribution in [0.4, 0.5) is 5.95 Å². The molecule has 2 aliphatic heterocycles. The molecule has 0 atom stereocenters. The SMILES string of the molecule is CC(C)(CN1CCCC1)CN1CCCN(c2ncccn2)CC1. The predicted molar refractivity (Wildman–Crippen MR) is 94.8 cm³/mol. The first-order chi connectivity index (χ1) is 11.1. The Morgan fingerprint density at radius 1 is 0.826 bits per heavy atom. The number of likely N-dealkylation sites (tertiary alicyclic amines) is 1. The van der Waals surface area contributed by atoms with Gasteiger partial charge in [0, 0.05) is 45.1 Å². The van der Waals surface area contributed by atoms with E-state index in [1.807, 2.05) is 18.5 Å². The second-order valence-electron chi connectivity index (χ2n) is 7.81. The predicted octanol–water partition coefficient (Wildman–Crippen LogP) is 2.11. The van der Waals surface area contributed by atoms with Gasteiger partial charge in [-0.3, -0.25) is 0 Å². The zero-order valence-electron chi connectivity index (χ0n) is 14.7. The van der Waals surface area contributed by atoms with E-state index in [1.165, 1.54) is 52.0 Å². The smallest absolute Gasteiger partial charge is 0.225 e. The summed E-state index contributed by atoms with van der Waals surface area (Å²) in [6, 6.07) is 1.88. The highest BCUT2D eigenvalue weighted by molar-refractivity contribution is 5.28. The number of hydrogen-bond donors (Lipinski definition) is 0. The third kappa shape index (κ3) is 4.88. The van der Waals surface area contributed by atoms with Crippen LogP contribution in [-0.2, 0) is 0 Å². The molecule has 0 bridgehead atoms. The van der Waals surface area contributed by atoms with Crippen LogP contribution in [0.2, 0.25) is 0 Å². The fourth-order valence-corrected chi connectivity index (χ4v) is 3.98. The van der Waals surface area contributed by atoms with Gasteiger partial charge in [-0.15, -0.1) is 0 Å². The Morgan fingerprint density at radius 2 is 1.43 bits per heavy atom. The van der Waals surface area contributed by atoms with E-state index in [1.54, 1.807) is 0 Å². The zero-order chi connectivity index (χ0) is 16.1. The van der Waals surface area contributed by atoms with E-state index in [4.69, 9.17) is 0 Å². The van der Waals surface area contributed by atoms with Gasteiger partial charge in [0.2, 0.25) is 5.95 Å². The van der Waals surface area contributed by atoms with E-state index in [-0.39, 0.29) is 0 Å². The first-order valence-corrected chi connectivity index (χ1v) is 9.09. The van der Waals surface area contributed by atoms with Crippen LogP contribution in [0, 0.1) is 5.41 Å². The summed E-state index contributed by atoms with van der Waals surface area (Å²) in [5.41, 5.74) is 0.364. The van der Waals surface area contributed by atoms with Gasteiger partial charge in [-0.05, 0) is 50.4 Å². The third-order valence-electron chi connectivity index (χ3n) is 4.93. The van der Waals surface area contributed by atoms with E-state index in [9.17, 15) is 0 Å².